The van der Waals surface area contributed by atoms with Crippen LogP contribution in [0.3, 0.4) is 0 Å². The molecule has 0 spiro atoms. The second-order valence-electron chi connectivity index (χ2n) is 5.07. The number of nitrogens with one attached hydrogen (secondary N) is 1. The van der Waals surface area contributed by atoms with Gasteiger partial charge in [0.1, 0.15) is 5.75 Å². The lowest BCUT2D eigenvalue weighted by molar-refractivity contribution is -0.124. The summed E-state index contributed by atoms with van der Waals surface area (Å²) in [4.78, 5) is 23.6. The summed E-state index contributed by atoms with van der Waals surface area (Å²) in [5.41, 5.74) is 2.49. The number of methoxy groups -OCH3 is 1. The predicted octanol–water partition coefficient (Wildman–Crippen LogP) is 2.48. The number of benzene rings is 2. The summed E-state index contributed by atoms with van der Waals surface area (Å²) in [5.74, 6) is -0.348. The van der Waals surface area contributed by atoms with Crippen LogP contribution in [0.1, 0.15) is 21.5 Å². The summed E-state index contributed by atoms with van der Waals surface area (Å²) < 4.78 is 10.0. The van der Waals surface area contributed by atoms with Crippen molar-refractivity contribution in [3.8, 4) is 5.75 Å². The molecule has 1 amide bonds. The Labute approximate surface area is 135 Å². The van der Waals surface area contributed by atoms with Gasteiger partial charge in [-0.15, -0.1) is 0 Å². The van der Waals surface area contributed by atoms with E-state index in [1.54, 1.807) is 24.3 Å². The number of aryl methyl sites for hydroxylation is 1. The highest BCUT2D eigenvalue weighted by Gasteiger charge is 2.10. The molecule has 0 radical (unpaired) electrons. The third kappa shape index (κ3) is 5.14. The van der Waals surface area contributed by atoms with Crippen LogP contribution in [0.2, 0.25) is 0 Å². The van der Waals surface area contributed by atoms with Gasteiger partial charge in [-0.2, -0.15) is 0 Å². The Morgan fingerprint density at radius 3 is 2.52 bits per heavy atom. The third-order valence-corrected chi connectivity index (χ3v) is 3.25. The molecule has 5 heteroatoms. The second kappa shape index (κ2) is 7.98. The lowest BCUT2D eigenvalue weighted by Gasteiger charge is -2.08. The summed E-state index contributed by atoms with van der Waals surface area (Å²) in [5, 5.41) is 2.71. The van der Waals surface area contributed by atoms with Gasteiger partial charge in [-0.3, -0.25) is 4.79 Å². The van der Waals surface area contributed by atoms with E-state index in [1.165, 1.54) is 7.11 Å². The largest absolute Gasteiger partial charge is 0.497 e. The summed E-state index contributed by atoms with van der Waals surface area (Å²) in [7, 11) is 1.52. The van der Waals surface area contributed by atoms with Gasteiger partial charge in [-0.1, -0.05) is 35.9 Å². The Bertz CT molecular complexity index is 680. The zero-order chi connectivity index (χ0) is 16.7. The first-order valence-corrected chi connectivity index (χ1v) is 7.22. The first-order chi connectivity index (χ1) is 11.1. The number of hydrogen-bond donors (Lipinski definition) is 1. The van der Waals surface area contributed by atoms with Gasteiger partial charge in [0.15, 0.2) is 6.61 Å². The van der Waals surface area contributed by atoms with Crippen LogP contribution in [0, 0.1) is 6.92 Å². The normalized spacial score (nSPS) is 10.0. The minimum absolute atomic E-state index is 0.318. The number of ether oxygens (including phenoxy) is 2. The highest BCUT2D eigenvalue weighted by Crippen LogP contribution is 2.13. The van der Waals surface area contributed by atoms with Crippen LogP contribution in [-0.4, -0.2) is 25.6 Å². The maximum atomic E-state index is 11.9. The standard InChI is InChI=1S/C18H19NO4/c1-13-6-8-14(9-7-13)11-19-17(20)12-23-18(21)15-4-3-5-16(10-15)22-2/h3-10H,11-12H2,1-2H3,(H,19,20). The fourth-order valence-electron chi connectivity index (χ4n) is 1.92. The van der Waals surface area contributed by atoms with E-state index < -0.39 is 5.97 Å². The molecule has 0 saturated heterocycles. The molecule has 0 heterocycles. The molecular weight excluding hydrogens is 294 g/mol. The molecular formula is C18H19NO4. The number of carbonyl (C=O) groups is 2. The van der Waals surface area contributed by atoms with Gasteiger partial charge in [0.25, 0.3) is 5.91 Å². The van der Waals surface area contributed by atoms with Gasteiger partial charge in [-0.05, 0) is 30.7 Å². The van der Waals surface area contributed by atoms with Crippen molar-refractivity contribution in [1.29, 1.82) is 0 Å². The molecule has 0 atom stereocenters. The maximum absolute atomic E-state index is 11.9. The zero-order valence-electron chi connectivity index (χ0n) is 13.2. The number of rotatable bonds is 6. The molecule has 2 rings (SSSR count). The molecule has 2 aromatic rings. The van der Waals surface area contributed by atoms with E-state index in [2.05, 4.69) is 5.32 Å². The van der Waals surface area contributed by atoms with Crippen LogP contribution in [-0.2, 0) is 16.1 Å². The lowest BCUT2D eigenvalue weighted by atomic mass is 10.1. The van der Waals surface area contributed by atoms with E-state index in [0.29, 0.717) is 17.9 Å². The van der Waals surface area contributed by atoms with E-state index in [9.17, 15) is 9.59 Å². The van der Waals surface area contributed by atoms with Crippen molar-refractivity contribution in [2.45, 2.75) is 13.5 Å². The van der Waals surface area contributed by atoms with Crippen molar-refractivity contribution in [3.05, 3.63) is 65.2 Å². The Morgan fingerprint density at radius 2 is 1.83 bits per heavy atom. The highest BCUT2D eigenvalue weighted by atomic mass is 16.5. The highest BCUT2D eigenvalue weighted by molar-refractivity contribution is 5.91. The minimum Gasteiger partial charge on any atom is -0.497 e. The van der Waals surface area contributed by atoms with E-state index in [-0.39, 0.29) is 12.5 Å². The molecule has 0 bridgehead atoms. The number of esters is 1. The fourth-order valence-corrected chi connectivity index (χ4v) is 1.92. The molecule has 0 aliphatic heterocycles. The predicted molar refractivity (Wildman–Crippen MR) is 86.3 cm³/mol. The van der Waals surface area contributed by atoms with E-state index in [4.69, 9.17) is 9.47 Å². The number of hydrogen-bond acceptors (Lipinski definition) is 4. The summed E-state index contributed by atoms with van der Waals surface area (Å²) in [6, 6.07) is 14.4. The van der Waals surface area contributed by atoms with Crippen LogP contribution in [0.5, 0.6) is 5.75 Å². The Balaban J connectivity index is 1.79. The van der Waals surface area contributed by atoms with Crippen molar-refractivity contribution >= 4 is 11.9 Å². The van der Waals surface area contributed by atoms with Crippen molar-refractivity contribution < 1.29 is 19.1 Å². The molecule has 0 fully saturated rings. The third-order valence-electron chi connectivity index (χ3n) is 3.25. The molecule has 1 N–H and O–H groups in total. The van der Waals surface area contributed by atoms with Gasteiger partial charge >= 0.3 is 5.97 Å². The van der Waals surface area contributed by atoms with Crippen LogP contribution < -0.4 is 10.1 Å². The zero-order valence-corrected chi connectivity index (χ0v) is 13.2. The van der Waals surface area contributed by atoms with Gasteiger partial charge in [0, 0.05) is 6.54 Å². The quantitative estimate of drug-likeness (QED) is 0.832. The molecule has 23 heavy (non-hydrogen) atoms. The van der Waals surface area contributed by atoms with Crippen LogP contribution >= 0.6 is 0 Å². The molecule has 120 valence electrons. The lowest BCUT2D eigenvalue weighted by Crippen LogP contribution is -2.28. The Kier molecular flexibility index (Phi) is 5.74. The van der Waals surface area contributed by atoms with Crippen molar-refractivity contribution in [1.82, 2.24) is 5.32 Å². The minimum atomic E-state index is -0.561. The topological polar surface area (TPSA) is 64.6 Å². The molecule has 0 aliphatic rings. The van der Waals surface area contributed by atoms with E-state index in [1.807, 2.05) is 31.2 Å². The van der Waals surface area contributed by atoms with Crippen molar-refractivity contribution in [3.63, 3.8) is 0 Å². The monoisotopic (exact) mass is 313 g/mol. The van der Waals surface area contributed by atoms with Gasteiger partial charge in [0.2, 0.25) is 0 Å². The van der Waals surface area contributed by atoms with Gasteiger partial charge in [0.05, 0.1) is 12.7 Å². The van der Waals surface area contributed by atoms with Crippen molar-refractivity contribution in [2.75, 3.05) is 13.7 Å². The average Bonchev–Trinajstić information content (AvgIpc) is 2.59. The van der Waals surface area contributed by atoms with E-state index >= 15 is 0 Å². The molecule has 0 saturated carbocycles. The number of carbonyl (C=O) groups excluding carboxylic acids is 2. The summed E-state index contributed by atoms with van der Waals surface area (Å²) in [6.45, 7) is 2.08. The van der Waals surface area contributed by atoms with Crippen LogP contribution in [0.25, 0.3) is 0 Å². The SMILES string of the molecule is COc1cccc(C(=O)OCC(=O)NCc2ccc(C)cc2)c1. The van der Waals surface area contributed by atoms with Crippen LogP contribution in [0.15, 0.2) is 48.5 Å². The second-order valence-corrected chi connectivity index (χ2v) is 5.07. The summed E-state index contributed by atoms with van der Waals surface area (Å²) in [6.07, 6.45) is 0. The molecule has 0 aliphatic carbocycles. The Hall–Kier alpha value is -2.82. The molecule has 5 nitrogen and oxygen atoms in total. The smallest absolute Gasteiger partial charge is 0.338 e. The molecule has 0 unspecified atom stereocenters. The van der Waals surface area contributed by atoms with Gasteiger partial charge < -0.3 is 14.8 Å². The fraction of sp³-hybridized carbons (Fsp3) is 0.222. The molecule has 2 aromatic carbocycles. The van der Waals surface area contributed by atoms with E-state index in [0.717, 1.165) is 11.1 Å². The summed E-state index contributed by atoms with van der Waals surface area (Å²) >= 11 is 0. The van der Waals surface area contributed by atoms with Crippen LogP contribution in [0.4, 0.5) is 0 Å². The van der Waals surface area contributed by atoms with Gasteiger partial charge in [-0.25, -0.2) is 4.79 Å². The molecule has 0 aromatic heterocycles. The first-order valence-electron chi connectivity index (χ1n) is 7.22. The maximum Gasteiger partial charge on any atom is 0.338 e. The van der Waals surface area contributed by atoms with Crippen molar-refractivity contribution in [2.24, 2.45) is 0 Å². The first kappa shape index (κ1) is 16.5. The number of amides is 1. The Morgan fingerprint density at radius 1 is 1.09 bits per heavy atom. The average molecular weight is 313 g/mol.